The van der Waals surface area contributed by atoms with E-state index >= 15 is 0 Å². The Morgan fingerprint density at radius 1 is 0.336 bits per heavy atom. The lowest BCUT2D eigenvalue weighted by Crippen LogP contribution is -2.37. The molecular weight excluding hydrogens is 1970 g/mol. The van der Waals surface area contributed by atoms with Gasteiger partial charge in [0.2, 0.25) is 23.8 Å². The van der Waals surface area contributed by atoms with E-state index in [1.807, 2.05) is 138 Å². The van der Waals surface area contributed by atoms with Crippen LogP contribution in [0.4, 0.5) is 64.0 Å². The zero-order valence-electron chi connectivity index (χ0n) is 76.2. The second-order valence-corrected chi connectivity index (χ2v) is 36.1. The number of halogens is 3. The van der Waals surface area contributed by atoms with Crippen LogP contribution in [0.3, 0.4) is 0 Å². The van der Waals surface area contributed by atoms with Gasteiger partial charge in [-0.25, -0.2) is 24.9 Å². The van der Waals surface area contributed by atoms with E-state index < -0.39 is 7.12 Å². The first-order valence-corrected chi connectivity index (χ1v) is 47.9. The molecule has 0 unspecified atom stereocenters. The fourth-order valence-corrected chi connectivity index (χ4v) is 17.2. The summed E-state index contributed by atoms with van der Waals surface area (Å²) in [5, 5.41) is 49.7. The van der Waals surface area contributed by atoms with Crippen molar-refractivity contribution in [2.75, 3.05) is 146 Å². The normalized spacial score (nSPS) is 15.0. The molecule has 3 aliphatic carbocycles. The second kappa shape index (κ2) is 44.5. The quantitative estimate of drug-likeness (QED) is 0.0213. The molecule has 0 amide bonds. The number of fused-ring (bicyclic) bond motifs is 4. The first kappa shape index (κ1) is 93.8. The minimum absolute atomic E-state index is 0.446. The minimum Gasteiger partial charge on any atom is -0.423 e. The standard InChI is InChI=1S/2C27H26N6O.C22H21IN6O.C16H16ClN5O.C6H6IN.C5H7BO2/c2*1-32-25-16-21(6-7-22(25)18-28-32)24-17-26(31-27(30-24)33-12-14-34-15-13-33)29-23-10-8-20(9-11-23)19-4-2-3-5-19;1-28-20-12-15(2-3-16(20)14-24-28)19-13-21(25-18-6-4-17(23)5-7-18)27-22(26-19)29-8-10-30-11-9-29;1-21-14-8-11(2-3-12(14)10-18-21)13-9-15(17)20-16(19-13)22-4-6-23-7-5-22;7-5-1-3-6(8)4-2-5;7-6(8)5-3-1-2-4-5/h2*2-4,6-11,16-18H,5,12-15H2,1H3,(H,29,30,31);2-7,12-14H,8-11H2,1H3,(H,25,26,27);2-3,8-10H,4-7H2,1H3;1-4H,8H2;1-3,7-8H,4H2. The number of aryl methyl sites for hydroxylation is 4. The molecule has 12 heterocycles. The van der Waals surface area contributed by atoms with Crippen LogP contribution in [0, 0.1) is 7.14 Å². The molecule has 30 nitrogen and oxygen atoms in total. The Balaban J connectivity index is 0.000000116. The lowest BCUT2D eigenvalue weighted by molar-refractivity contribution is 0.122. The van der Waals surface area contributed by atoms with Gasteiger partial charge >= 0.3 is 7.12 Å². The van der Waals surface area contributed by atoms with Gasteiger partial charge in [0.15, 0.2) is 0 Å². The number of nitrogens with one attached hydrogen (secondary N) is 3. The summed E-state index contributed by atoms with van der Waals surface area (Å²) in [5.74, 6) is 5.11. The molecule has 694 valence electrons. The Kier molecular flexibility index (Phi) is 30.4. The smallest absolute Gasteiger partial charge is 0.423 e. The highest BCUT2D eigenvalue weighted by Gasteiger charge is 2.24. The molecule has 0 atom stereocenters. The van der Waals surface area contributed by atoms with Gasteiger partial charge in [0.25, 0.3) is 0 Å². The number of rotatable bonds is 17. The van der Waals surface area contributed by atoms with Gasteiger partial charge in [0.1, 0.15) is 22.6 Å². The Morgan fingerprint density at radius 3 is 0.905 bits per heavy atom. The third kappa shape index (κ3) is 24.1. The first-order chi connectivity index (χ1) is 66.9. The lowest BCUT2D eigenvalue weighted by atomic mass is 9.79. The molecule has 8 aromatic heterocycles. The fourth-order valence-electron chi connectivity index (χ4n) is 16.3. The van der Waals surface area contributed by atoms with Crippen molar-refractivity contribution in [3.63, 3.8) is 0 Å². The zero-order valence-corrected chi connectivity index (χ0v) is 81.2. The van der Waals surface area contributed by atoms with Gasteiger partial charge < -0.3 is 70.3 Å². The van der Waals surface area contributed by atoms with E-state index in [9.17, 15) is 0 Å². The van der Waals surface area contributed by atoms with E-state index in [-0.39, 0.29) is 0 Å². The highest BCUT2D eigenvalue weighted by atomic mass is 127. The number of morpholine rings is 4. The first-order valence-electron chi connectivity index (χ1n) is 45.3. The average molecular weight is 2070 g/mol. The largest absolute Gasteiger partial charge is 0.484 e. The van der Waals surface area contributed by atoms with Crippen LogP contribution in [-0.2, 0) is 47.1 Å². The van der Waals surface area contributed by atoms with Crippen LogP contribution >= 0.6 is 56.8 Å². The summed E-state index contributed by atoms with van der Waals surface area (Å²) in [5.41, 5.74) is 26.9. The molecule has 0 radical (unpaired) electrons. The number of benzene rings is 8. The molecular formula is C103H102BClI2N24O6. The Labute approximate surface area is 825 Å². The number of nitrogens with two attached hydrogens (primary N) is 1. The maximum atomic E-state index is 8.50. The number of anilines is 11. The number of ether oxygens (including phenoxy) is 4. The number of nitrogens with zero attached hydrogens (tertiary/aromatic N) is 20. The van der Waals surface area contributed by atoms with E-state index in [2.05, 4.69) is 276 Å². The zero-order chi connectivity index (χ0) is 94.1. The van der Waals surface area contributed by atoms with E-state index in [0.717, 1.165) is 194 Å². The Hall–Kier alpha value is -13.6. The summed E-state index contributed by atoms with van der Waals surface area (Å²) in [4.78, 5) is 47.0. The molecule has 8 aromatic carbocycles. The van der Waals surface area contributed by atoms with Crippen LogP contribution < -0.4 is 41.3 Å². The molecule has 16 aromatic rings. The molecule has 4 saturated heterocycles. The van der Waals surface area contributed by atoms with Gasteiger partial charge in [-0.2, -0.15) is 35.3 Å². The number of hydrogen-bond donors (Lipinski definition) is 6. The predicted octanol–water partition coefficient (Wildman–Crippen LogP) is 18.4. The molecule has 7 N–H and O–H groups in total. The van der Waals surface area contributed by atoms with Crippen molar-refractivity contribution in [2.24, 2.45) is 28.2 Å². The third-order valence-electron chi connectivity index (χ3n) is 23.9. The average Bonchev–Trinajstić information content (AvgIpc) is 1.76. The summed E-state index contributed by atoms with van der Waals surface area (Å²) in [6.07, 6.45) is 28.5. The number of allylic oxidation sites excluding steroid dienone is 12. The van der Waals surface area contributed by atoms with Gasteiger partial charge in [-0.05, 0) is 189 Å². The fraction of sp³-hybridized carbons (Fsp3) is 0.223. The number of nitrogen functional groups attached to an aromatic ring is 1. The highest BCUT2D eigenvalue weighted by molar-refractivity contribution is 14.1. The molecule has 34 heteroatoms. The Morgan fingerprint density at radius 2 is 0.620 bits per heavy atom. The molecule has 0 bridgehead atoms. The van der Waals surface area contributed by atoms with E-state index in [1.54, 1.807) is 12.1 Å². The van der Waals surface area contributed by atoms with Gasteiger partial charge in [-0.1, -0.05) is 139 Å². The van der Waals surface area contributed by atoms with Crippen LogP contribution in [0.25, 0.3) is 99.8 Å². The molecule has 4 aliphatic heterocycles. The van der Waals surface area contributed by atoms with Crippen molar-refractivity contribution in [2.45, 2.75) is 19.3 Å². The van der Waals surface area contributed by atoms with Crippen molar-refractivity contribution in [3.8, 4) is 45.0 Å². The predicted molar refractivity (Wildman–Crippen MR) is 565 cm³/mol. The SMILES string of the molecule is Cn1ncc2ccc(-c3cc(Cl)nc(N4CCOCC4)n3)cc21.Cn1ncc2ccc(-c3cc(Nc4ccc(C5=CC=CC5)cc4)nc(N4CCOCC4)n3)cc21.Cn1ncc2ccc(-c3cc(Nc4ccc(C5=CC=CC5)cc4)nc(N4CCOCC4)n3)cc21.Cn1ncc2ccc(-c3cc(Nc4ccc(I)cc4)nc(N4CCOCC4)n3)cc21.Nc1ccc(I)cc1.OB(O)C1=CC=CC1. The number of hydrogen-bond acceptors (Lipinski definition) is 26. The topological polar surface area (TPSA) is 327 Å². The third-order valence-corrected chi connectivity index (χ3v) is 25.5. The molecule has 23 rings (SSSR count). The van der Waals surface area contributed by atoms with E-state index in [0.29, 0.717) is 93.7 Å². The van der Waals surface area contributed by atoms with Gasteiger partial charge in [0.05, 0.1) is 122 Å². The van der Waals surface area contributed by atoms with Gasteiger partial charge in [-0.15, -0.1) is 0 Å². The van der Waals surface area contributed by atoms with Crippen LogP contribution in [0.5, 0.6) is 0 Å². The van der Waals surface area contributed by atoms with Crippen LogP contribution in [0.1, 0.15) is 30.4 Å². The molecule has 7 aliphatic rings. The van der Waals surface area contributed by atoms with Crippen LogP contribution in [0.15, 0.2) is 279 Å². The highest BCUT2D eigenvalue weighted by Crippen LogP contribution is 2.36. The van der Waals surface area contributed by atoms with E-state index in [1.165, 1.54) is 29.4 Å². The monoisotopic (exact) mass is 2070 g/mol. The molecule has 4 fully saturated rings. The van der Waals surface area contributed by atoms with Crippen molar-refractivity contribution >= 4 is 183 Å². The second-order valence-electron chi connectivity index (χ2n) is 33.2. The molecule has 0 saturated carbocycles. The van der Waals surface area contributed by atoms with Crippen molar-refractivity contribution in [1.29, 1.82) is 0 Å². The van der Waals surface area contributed by atoms with Crippen molar-refractivity contribution in [1.82, 2.24) is 79.0 Å². The lowest BCUT2D eigenvalue weighted by Gasteiger charge is -2.27. The van der Waals surface area contributed by atoms with E-state index in [4.69, 9.17) is 81.2 Å². The summed E-state index contributed by atoms with van der Waals surface area (Å²) in [7, 11) is 6.54. The maximum Gasteiger partial charge on any atom is 0.484 e. The number of aromatic nitrogens is 16. The summed E-state index contributed by atoms with van der Waals surface area (Å²) in [6.45, 7) is 11.7. The molecule has 137 heavy (non-hydrogen) atoms. The van der Waals surface area contributed by atoms with Gasteiger partial charge in [-0.3, -0.25) is 18.7 Å². The van der Waals surface area contributed by atoms with Crippen molar-refractivity contribution in [3.05, 3.63) is 302 Å². The van der Waals surface area contributed by atoms with Crippen LogP contribution in [-0.4, -0.2) is 201 Å². The Bertz CT molecular complexity index is 6890. The summed E-state index contributed by atoms with van der Waals surface area (Å²) in [6, 6.07) is 65.9. The summed E-state index contributed by atoms with van der Waals surface area (Å²) >= 11 is 10.8. The molecule has 0 spiro atoms. The summed E-state index contributed by atoms with van der Waals surface area (Å²) < 4.78 is 31.9. The minimum atomic E-state index is -1.26. The van der Waals surface area contributed by atoms with Gasteiger partial charge in [0, 0.05) is 179 Å². The van der Waals surface area contributed by atoms with Crippen LogP contribution in [0.2, 0.25) is 5.15 Å². The van der Waals surface area contributed by atoms with Crippen molar-refractivity contribution < 1.29 is 29.0 Å². The maximum absolute atomic E-state index is 8.50.